The molecule has 1 saturated heterocycles. The lowest BCUT2D eigenvalue weighted by Crippen LogP contribution is -2.50. The Labute approximate surface area is 169 Å². The number of nitrogens with zero attached hydrogens (tertiary/aromatic N) is 3. The number of hydrogen-bond donors (Lipinski definition) is 1. The minimum absolute atomic E-state index is 0.00545. The van der Waals surface area contributed by atoms with E-state index < -0.39 is 0 Å². The number of hydrogen-bond acceptors (Lipinski definition) is 5. The SMILES string of the molecule is COc1ccncc1CC(=O)N1CCCC[C@@H]1CN(C)C(=O)c1ccc(=O)[nH]c1. The van der Waals surface area contributed by atoms with Gasteiger partial charge in [0, 0.05) is 56.4 Å². The van der Waals surface area contributed by atoms with Gasteiger partial charge in [0.2, 0.25) is 11.5 Å². The van der Waals surface area contributed by atoms with E-state index in [9.17, 15) is 14.4 Å². The van der Waals surface area contributed by atoms with Crippen LogP contribution in [0.5, 0.6) is 5.75 Å². The molecule has 154 valence electrons. The van der Waals surface area contributed by atoms with Crippen LogP contribution in [0.15, 0.2) is 41.6 Å². The molecule has 1 aliphatic rings. The fraction of sp³-hybridized carbons (Fsp3) is 0.429. The fourth-order valence-electron chi connectivity index (χ4n) is 3.69. The number of likely N-dealkylation sites (N-methyl/N-ethyl adjacent to an activating group) is 1. The van der Waals surface area contributed by atoms with Gasteiger partial charge in [0.1, 0.15) is 5.75 Å². The van der Waals surface area contributed by atoms with Crippen molar-refractivity contribution in [2.45, 2.75) is 31.7 Å². The van der Waals surface area contributed by atoms with Gasteiger partial charge < -0.3 is 19.5 Å². The van der Waals surface area contributed by atoms with Gasteiger partial charge in [-0.3, -0.25) is 19.4 Å². The Morgan fingerprint density at radius 2 is 2.14 bits per heavy atom. The number of pyridine rings is 2. The molecule has 8 heteroatoms. The van der Waals surface area contributed by atoms with Gasteiger partial charge in [0.25, 0.3) is 5.91 Å². The number of H-pyrrole nitrogens is 1. The summed E-state index contributed by atoms with van der Waals surface area (Å²) >= 11 is 0. The van der Waals surface area contributed by atoms with E-state index in [0.717, 1.165) is 24.8 Å². The van der Waals surface area contributed by atoms with Crippen LogP contribution in [0.25, 0.3) is 0 Å². The fourth-order valence-corrected chi connectivity index (χ4v) is 3.69. The van der Waals surface area contributed by atoms with Crippen molar-refractivity contribution in [2.75, 3.05) is 27.2 Å². The average molecular weight is 398 g/mol. The van der Waals surface area contributed by atoms with Gasteiger partial charge >= 0.3 is 0 Å². The molecule has 1 atom stereocenters. The van der Waals surface area contributed by atoms with E-state index in [1.165, 1.54) is 18.3 Å². The number of ether oxygens (including phenoxy) is 1. The van der Waals surface area contributed by atoms with Crippen LogP contribution in [0.2, 0.25) is 0 Å². The molecular weight excluding hydrogens is 372 g/mol. The van der Waals surface area contributed by atoms with Crippen molar-refractivity contribution in [3.63, 3.8) is 0 Å². The Bertz CT molecular complexity index is 906. The number of amides is 2. The maximum absolute atomic E-state index is 13.0. The zero-order chi connectivity index (χ0) is 20.8. The van der Waals surface area contributed by atoms with Crippen molar-refractivity contribution in [3.8, 4) is 5.75 Å². The van der Waals surface area contributed by atoms with Gasteiger partial charge in [0.05, 0.1) is 19.1 Å². The molecule has 0 saturated carbocycles. The molecule has 0 unspecified atom stereocenters. The summed E-state index contributed by atoms with van der Waals surface area (Å²) in [6, 6.07) is 4.54. The first-order valence-corrected chi connectivity index (χ1v) is 9.70. The normalized spacial score (nSPS) is 16.3. The average Bonchev–Trinajstić information content (AvgIpc) is 2.74. The summed E-state index contributed by atoms with van der Waals surface area (Å²) in [5.41, 5.74) is 0.918. The number of aromatic nitrogens is 2. The van der Waals surface area contributed by atoms with E-state index in [4.69, 9.17) is 4.74 Å². The summed E-state index contributed by atoms with van der Waals surface area (Å²) in [4.78, 5) is 47.0. The Kier molecular flexibility index (Phi) is 6.64. The molecule has 2 amide bonds. The highest BCUT2D eigenvalue weighted by Gasteiger charge is 2.29. The maximum Gasteiger partial charge on any atom is 0.255 e. The minimum atomic E-state index is -0.251. The van der Waals surface area contributed by atoms with Crippen molar-refractivity contribution in [1.29, 1.82) is 0 Å². The lowest BCUT2D eigenvalue weighted by Gasteiger charge is -2.38. The van der Waals surface area contributed by atoms with Crippen molar-refractivity contribution in [2.24, 2.45) is 0 Å². The standard InChI is InChI=1S/C21H26N4O4/c1-24(21(28)15-6-7-19(26)23-13-15)14-17-5-3-4-10-25(17)20(27)11-16-12-22-9-8-18(16)29-2/h6-9,12-13,17H,3-5,10-11,14H2,1-2H3,(H,23,26)/t17-/m1/s1. The first kappa shape index (κ1) is 20.6. The van der Waals surface area contributed by atoms with Gasteiger partial charge in [-0.15, -0.1) is 0 Å². The summed E-state index contributed by atoms with van der Waals surface area (Å²) in [5.74, 6) is 0.464. The van der Waals surface area contributed by atoms with Crippen LogP contribution in [-0.2, 0) is 11.2 Å². The number of aromatic amines is 1. The van der Waals surface area contributed by atoms with Crippen LogP contribution in [0.3, 0.4) is 0 Å². The zero-order valence-corrected chi connectivity index (χ0v) is 16.8. The first-order valence-electron chi connectivity index (χ1n) is 9.70. The second-order valence-corrected chi connectivity index (χ2v) is 7.23. The quantitative estimate of drug-likeness (QED) is 0.795. The molecule has 1 N–H and O–H groups in total. The monoisotopic (exact) mass is 398 g/mol. The second-order valence-electron chi connectivity index (χ2n) is 7.23. The van der Waals surface area contributed by atoms with E-state index >= 15 is 0 Å². The molecule has 29 heavy (non-hydrogen) atoms. The van der Waals surface area contributed by atoms with E-state index in [-0.39, 0.29) is 29.8 Å². The summed E-state index contributed by atoms with van der Waals surface area (Å²) in [5, 5.41) is 0. The third-order valence-electron chi connectivity index (χ3n) is 5.23. The van der Waals surface area contributed by atoms with Gasteiger partial charge in [0.15, 0.2) is 0 Å². The zero-order valence-electron chi connectivity index (χ0n) is 16.8. The molecule has 8 nitrogen and oxygen atoms in total. The smallest absolute Gasteiger partial charge is 0.255 e. The molecule has 2 aromatic rings. The van der Waals surface area contributed by atoms with Crippen molar-refractivity contribution in [3.05, 3.63) is 58.3 Å². The van der Waals surface area contributed by atoms with Crippen molar-refractivity contribution >= 4 is 11.8 Å². The summed E-state index contributed by atoms with van der Waals surface area (Å²) in [7, 11) is 3.29. The molecule has 3 heterocycles. The van der Waals surface area contributed by atoms with Crippen molar-refractivity contribution < 1.29 is 14.3 Å². The number of carbonyl (C=O) groups excluding carboxylic acids is 2. The minimum Gasteiger partial charge on any atom is -0.496 e. The Morgan fingerprint density at radius 3 is 2.86 bits per heavy atom. The molecule has 0 spiro atoms. The number of carbonyl (C=O) groups is 2. The number of piperidine rings is 1. The summed E-state index contributed by atoms with van der Waals surface area (Å²) in [6.45, 7) is 1.11. The van der Waals surface area contributed by atoms with Crippen LogP contribution in [0.1, 0.15) is 35.2 Å². The highest BCUT2D eigenvalue weighted by molar-refractivity contribution is 5.93. The lowest BCUT2D eigenvalue weighted by molar-refractivity contribution is -0.134. The molecule has 2 aromatic heterocycles. The van der Waals surface area contributed by atoms with Crippen molar-refractivity contribution in [1.82, 2.24) is 19.8 Å². The topological polar surface area (TPSA) is 95.6 Å². The lowest BCUT2D eigenvalue weighted by atomic mass is 10.00. The summed E-state index contributed by atoms with van der Waals surface area (Å²) < 4.78 is 5.32. The number of likely N-dealkylation sites (tertiary alicyclic amines) is 1. The molecule has 3 rings (SSSR count). The number of methoxy groups -OCH3 is 1. The van der Waals surface area contributed by atoms with Gasteiger partial charge in [-0.2, -0.15) is 0 Å². The van der Waals surface area contributed by atoms with E-state index in [1.807, 2.05) is 4.90 Å². The van der Waals surface area contributed by atoms with E-state index in [1.54, 1.807) is 37.5 Å². The highest BCUT2D eigenvalue weighted by Crippen LogP contribution is 2.22. The van der Waals surface area contributed by atoms with E-state index in [0.29, 0.717) is 24.4 Å². The highest BCUT2D eigenvalue weighted by atomic mass is 16.5. The summed E-state index contributed by atoms with van der Waals surface area (Å²) in [6.07, 6.45) is 7.73. The van der Waals surface area contributed by atoms with Gasteiger partial charge in [-0.1, -0.05) is 0 Å². The molecule has 0 aromatic carbocycles. The molecular formula is C21H26N4O4. The number of nitrogens with one attached hydrogen (secondary N) is 1. The molecule has 0 bridgehead atoms. The van der Waals surface area contributed by atoms with Crippen LogP contribution >= 0.6 is 0 Å². The Morgan fingerprint density at radius 1 is 1.31 bits per heavy atom. The molecule has 1 fully saturated rings. The Balaban J connectivity index is 1.68. The predicted octanol–water partition coefficient (Wildman–Crippen LogP) is 1.47. The molecule has 1 aliphatic heterocycles. The van der Waals surface area contributed by atoms with Crippen LogP contribution < -0.4 is 10.3 Å². The second kappa shape index (κ2) is 9.36. The largest absolute Gasteiger partial charge is 0.496 e. The van der Waals surface area contributed by atoms with Crippen LogP contribution in [0, 0.1) is 0 Å². The van der Waals surface area contributed by atoms with Gasteiger partial charge in [-0.05, 0) is 31.4 Å². The molecule has 0 radical (unpaired) electrons. The van der Waals surface area contributed by atoms with Crippen LogP contribution in [-0.4, -0.2) is 64.9 Å². The third-order valence-corrected chi connectivity index (χ3v) is 5.23. The third kappa shape index (κ3) is 5.01. The van der Waals surface area contributed by atoms with E-state index in [2.05, 4.69) is 9.97 Å². The van der Waals surface area contributed by atoms with Crippen LogP contribution in [0.4, 0.5) is 0 Å². The predicted molar refractivity (Wildman–Crippen MR) is 108 cm³/mol. The molecule has 0 aliphatic carbocycles. The van der Waals surface area contributed by atoms with Gasteiger partial charge in [-0.25, -0.2) is 0 Å². The maximum atomic E-state index is 13.0. The number of rotatable bonds is 6. The first-order chi connectivity index (χ1) is 14.0. The Hall–Kier alpha value is -3.16.